The molecule has 40 heavy (non-hydrogen) atoms. The van der Waals surface area contributed by atoms with Gasteiger partial charge in [-0.2, -0.15) is 0 Å². The van der Waals surface area contributed by atoms with Crippen molar-refractivity contribution in [2.45, 2.75) is 19.3 Å². The number of hydrogen-bond acceptors (Lipinski definition) is 1. The predicted molar refractivity (Wildman–Crippen MR) is 167 cm³/mol. The number of aromatic nitrogens is 2. The number of nitrogens with zero attached hydrogens (tertiary/aromatic N) is 2. The van der Waals surface area contributed by atoms with Gasteiger partial charge in [-0.25, -0.2) is 0 Å². The van der Waals surface area contributed by atoms with E-state index in [4.69, 9.17) is 0 Å². The summed E-state index contributed by atoms with van der Waals surface area (Å²) < 4.78 is 2.46. The summed E-state index contributed by atoms with van der Waals surface area (Å²) in [5, 5.41) is 2.62. The van der Waals surface area contributed by atoms with Gasteiger partial charge in [-0.05, 0) is 64.2 Å². The molecule has 1 aliphatic carbocycles. The van der Waals surface area contributed by atoms with Gasteiger partial charge in [0.1, 0.15) is 0 Å². The van der Waals surface area contributed by atoms with Crippen LogP contribution in [-0.4, -0.2) is 9.55 Å². The van der Waals surface area contributed by atoms with E-state index in [0.717, 1.165) is 11.3 Å². The van der Waals surface area contributed by atoms with Gasteiger partial charge in [0.05, 0.1) is 16.7 Å². The lowest BCUT2D eigenvalue weighted by atomic mass is 9.81. The average Bonchev–Trinajstić information content (AvgIpc) is 3.47. The number of rotatable bonds is 3. The molecule has 2 aromatic heterocycles. The Bertz CT molecular complexity index is 2050. The molecule has 0 spiro atoms. The zero-order valence-electron chi connectivity index (χ0n) is 22.6. The first-order valence-electron chi connectivity index (χ1n) is 13.9. The number of hydrogen-bond donors (Lipinski definition) is 0. The fourth-order valence-corrected chi connectivity index (χ4v) is 6.75. The summed E-state index contributed by atoms with van der Waals surface area (Å²) in [6, 6.07) is 46.0. The van der Waals surface area contributed by atoms with Crippen LogP contribution in [-0.2, 0) is 5.41 Å². The lowest BCUT2D eigenvalue weighted by Crippen LogP contribution is -2.15. The first-order chi connectivity index (χ1) is 19.6. The third-order valence-corrected chi connectivity index (χ3v) is 8.65. The third kappa shape index (κ3) is 3.20. The lowest BCUT2D eigenvalue weighted by Gasteiger charge is -2.23. The van der Waals surface area contributed by atoms with E-state index in [1.54, 1.807) is 0 Å². The zero-order valence-corrected chi connectivity index (χ0v) is 22.6. The predicted octanol–water partition coefficient (Wildman–Crippen LogP) is 9.82. The molecule has 0 saturated heterocycles. The van der Waals surface area contributed by atoms with Crippen molar-refractivity contribution in [3.63, 3.8) is 0 Å². The summed E-state index contributed by atoms with van der Waals surface area (Å²) in [6.07, 6.45) is 1.85. The monoisotopic (exact) mass is 512 g/mol. The van der Waals surface area contributed by atoms with Crippen LogP contribution in [0.5, 0.6) is 0 Å². The summed E-state index contributed by atoms with van der Waals surface area (Å²) in [6.45, 7) is 4.74. The fourth-order valence-electron chi connectivity index (χ4n) is 6.75. The minimum absolute atomic E-state index is 0.0985. The molecule has 0 amide bonds. The second-order valence-electron chi connectivity index (χ2n) is 11.2. The minimum Gasteiger partial charge on any atom is -0.309 e. The summed E-state index contributed by atoms with van der Waals surface area (Å²) in [5.41, 5.74) is 13.6. The minimum atomic E-state index is -0.0985. The largest absolute Gasteiger partial charge is 0.309 e. The highest BCUT2D eigenvalue weighted by Crippen LogP contribution is 2.55. The molecule has 0 fully saturated rings. The molecule has 0 saturated carbocycles. The SMILES string of the molecule is CC1(C)c2ccccc2-c2c1cc(-c1ccc(-c3ccccn3)cc1)c1c2c2ccccc2n1-c1ccccc1. The van der Waals surface area contributed by atoms with E-state index < -0.39 is 0 Å². The van der Waals surface area contributed by atoms with E-state index in [1.807, 2.05) is 18.3 Å². The van der Waals surface area contributed by atoms with Gasteiger partial charge in [0, 0.05) is 39.2 Å². The zero-order chi connectivity index (χ0) is 26.8. The van der Waals surface area contributed by atoms with Crippen molar-refractivity contribution in [2.24, 2.45) is 0 Å². The number of benzene rings is 5. The van der Waals surface area contributed by atoms with Crippen molar-refractivity contribution in [3.05, 3.63) is 145 Å². The second-order valence-corrected chi connectivity index (χ2v) is 11.2. The fraction of sp³-hybridized carbons (Fsp3) is 0.0789. The molecule has 0 bridgehead atoms. The maximum Gasteiger partial charge on any atom is 0.0701 e. The van der Waals surface area contributed by atoms with Gasteiger partial charge in [0.2, 0.25) is 0 Å². The van der Waals surface area contributed by atoms with Crippen molar-refractivity contribution in [1.29, 1.82) is 0 Å². The van der Waals surface area contributed by atoms with E-state index >= 15 is 0 Å². The van der Waals surface area contributed by atoms with Gasteiger partial charge < -0.3 is 4.57 Å². The smallest absolute Gasteiger partial charge is 0.0701 e. The third-order valence-electron chi connectivity index (χ3n) is 8.65. The van der Waals surface area contributed by atoms with Crippen LogP contribution in [0, 0.1) is 0 Å². The van der Waals surface area contributed by atoms with E-state index in [1.165, 1.54) is 60.9 Å². The quantitative estimate of drug-likeness (QED) is 0.230. The molecule has 2 heteroatoms. The molecule has 190 valence electrons. The van der Waals surface area contributed by atoms with Crippen LogP contribution >= 0.6 is 0 Å². The highest BCUT2D eigenvalue weighted by molar-refractivity contribution is 6.21. The van der Waals surface area contributed by atoms with E-state index in [2.05, 4.69) is 139 Å². The molecule has 2 heterocycles. The molecule has 0 atom stereocenters. The molecule has 0 aliphatic heterocycles. The highest BCUT2D eigenvalue weighted by atomic mass is 15.0. The summed E-state index contributed by atoms with van der Waals surface area (Å²) in [5.74, 6) is 0. The molecule has 1 aliphatic rings. The van der Waals surface area contributed by atoms with Crippen molar-refractivity contribution in [3.8, 4) is 39.2 Å². The number of fused-ring (bicyclic) bond motifs is 7. The first-order valence-corrected chi connectivity index (χ1v) is 13.9. The average molecular weight is 513 g/mol. The van der Waals surface area contributed by atoms with Gasteiger partial charge in [-0.15, -0.1) is 0 Å². The Morgan fingerprint density at radius 2 is 1.30 bits per heavy atom. The summed E-state index contributed by atoms with van der Waals surface area (Å²) in [7, 11) is 0. The first kappa shape index (κ1) is 23.0. The van der Waals surface area contributed by atoms with E-state index in [0.29, 0.717) is 0 Å². The van der Waals surface area contributed by atoms with Crippen LogP contribution in [0.1, 0.15) is 25.0 Å². The van der Waals surface area contributed by atoms with Crippen LogP contribution in [0.3, 0.4) is 0 Å². The van der Waals surface area contributed by atoms with Crippen LogP contribution in [0.25, 0.3) is 61.0 Å². The molecule has 0 N–H and O–H groups in total. The Hall–Kier alpha value is -4.95. The molecule has 7 aromatic rings. The lowest BCUT2D eigenvalue weighted by molar-refractivity contribution is 0.661. The van der Waals surface area contributed by atoms with Gasteiger partial charge in [0.15, 0.2) is 0 Å². The molecule has 2 nitrogen and oxygen atoms in total. The molecule has 8 rings (SSSR count). The maximum absolute atomic E-state index is 4.57. The van der Waals surface area contributed by atoms with Gasteiger partial charge in [0.25, 0.3) is 0 Å². The van der Waals surface area contributed by atoms with Crippen LogP contribution in [0.4, 0.5) is 0 Å². The second kappa shape index (κ2) is 8.53. The van der Waals surface area contributed by atoms with Crippen molar-refractivity contribution in [1.82, 2.24) is 9.55 Å². The van der Waals surface area contributed by atoms with Crippen molar-refractivity contribution < 1.29 is 0 Å². The molecular formula is C38H28N2. The highest BCUT2D eigenvalue weighted by Gasteiger charge is 2.38. The van der Waals surface area contributed by atoms with E-state index in [9.17, 15) is 0 Å². The van der Waals surface area contributed by atoms with Gasteiger partial charge in [-0.3, -0.25) is 4.98 Å². The van der Waals surface area contributed by atoms with Gasteiger partial charge >= 0.3 is 0 Å². The topological polar surface area (TPSA) is 17.8 Å². The molecule has 0 radical (unpaired) electrons. The van der Waals surface area contributed by atoms with Crippen LogP contribution < -0.4 is 0 Å². The summed E-state index contributed by atoms with van der Waals surface area (Å²) in [4.78, 5) is 4.57. The van der Waals surface area contributed by atoms with Gasteiger partial charge in [-0.1, -0.05) is 105 Å². The number of pyridine rings is 1. The Labute approximate surface area is 234 Å². The molecular weight excluding hydrogens is 484 g/mol. The Kier molecular flexibility index (Phi) is 4.90. The van der Waals surface area contributed by atoms with E-state index in [-0.39, 0.29) is 5.41 Å². The van der Waals surface area contributed by atoms with Crippen LogP contribution in [0.2, 0.25) is 0 Å². The molecule has 5 aromatic carbocycles. The summed E-state index contributed by atoms with van der Waals surface area (Å²) >= 11 is 0. The van der Waals surface area contributed by atoms with Crippen LogP contribution in [0.15, 0.2) is 134 Å². The molecule has 0 unspecified atom stereocenters. The maximum atomic E-state index is 4.57. The van der Waals surface area contributed by atoms with Crippen molar-refractivity contribution in [2.75, 3.05) is 0 Å². The Morgan fingerprint density at radius 1 is 0.600 bits per heavy atom. The Balaban J connectivity index is 1.52. The van der Waals surface area contributed by atoms with Crippen molar-refractivity contribution >= 4 is 21.8 Å². The normalized spacial score (nSPS) is 13.4. The number of para-hydroxylation sites is 2. The standard InChI is InChI=1S/C38H28N2/c1-38(2)31-16-8-6-14-28(31)35-32(38)24-30(25-19-21-26(22-20-25)33-17-10-11-23-39-33)37-36(35)29-15-7-9-18-34(29)40(37)27-12-4-3-5-13-27/h3-24H,1-2H3. The Morgan fingerprint density at radius 3 is 2.10 bits per heavy atom.